The van der Waals surface area contributed by atoms with Crippen LogP contribution in [0, 0.1) is 22.7 Å². The minimum Gasteiger partial charge on any atom is -0.462 e. The monoisotopic (exact) mass is 357 g/mol. The van der Waals surface area contributed by atoms with Crippen molar-refractivity contribution in [2.24, 2.45) is 28.4 Å². The van der Waals surface area contributed by atoms with Crippen molar-refractivity contribution in [3.63, 3.8) is 0 Å². The van der Waals surface area contributed by atoms with Crippen LogP contribution < -0.4 is 5.73 Å². The second kappa shape index (κ2) is 10.5. The maximum atomic E-state index is 11.8. The highest BCUT2D eigenvalue weighted by molar-refractivity contribution is 5.66. The van der Waals surface area contributed by atoms with Gasteiger partial charge < -0.3 is 15.6 Å². The van der Waals surface area contributed by atoms with Gasteiger partial charge in [-0.2, -0.15) is 0 Å². The molecule has 0 rings (SSSR count). The zero-order valence-corrected chi connectivity index (χ0v) is 17.9. The predicted octanol–water partition coefficient (Wildman–Crippen LogP) is 4.53. The maximum Gasteiger partial charge on any atom is 0.302 e. The summed E-state index contributed by atoms with van der Waals surface area (Å²) in [5.74, 6) is 0.444. The lowest BCUT2D eigenvalue weighted by Crippen LogP contribution is -2.54. The van der Waals surface area contributed by atoms with E-state index in [1.807, 2.05) is 0 Å². The smallest absolute Gasteiger partial charge is 0.302 e. The molecule has 0 aromatic carbocycles. The molecular weight excluding hydrogens is 314 g/mol. The average molecular weight is 358 g/mol. The van der Waals surface area contributed by atoms with E-state index in [1.165, 1.54) is 6.92 Å². The van der Waals surface area contributed by atoms with Gasteiger partial charge in [0.1, 0.15) is 6.10 Å². The Morgan fingerprint density at radius 1 is 1.16 bits per heavy atom. The van der Waals surface area contributed by atoms with E-state index in [9.17, 15) is 9.90 Å². The van der Waals surface area contributed by atoms with E-state index in [0.29, 0.717) is 18.9 Å². The number of carbonyl (C=O) groups excluding carboxylic acids is 1. The van der Waals surface area contributed by atoms with Gasteiger partial charge in [0.05, 0.1) is 6.10 Å². The van der Waals surface area contributed by atoms with Crippen molar-refractivity contribution < 1.29 is 14.6 Å². The molecule has 0 spiro atoms. The molecule has 0 bridgehead atoms. The Hall–Kier alpha value is -0.610. The van der Waals surface area contributed by atoms with Crippen molar-refractivity contribution >= 4 is 5.97 Å². The minimum atomic E-state index is -0.384. The summed E-state index contributed by atoms with van der Waals surface area (Å²) < 4.78 is 5.79. The molecule has 4 heteroatoms. The zero-order chi connectivity index (χ0) is 19.8. The van der Waals surface area contributed by atoms with Gasteiger partial charge >= 0.3 is 5.97 Å². The highest BCUT2D eigenvalue weighted by Crippen LogP contribution is 2.50. The number of nitrogens with two attached hydrogens (primary N) is 1. The Kier molecular flexibility index (Phi) is 10.3. The second-order valence-electron chi connectivity index (χ2n) is 8.54. The van der Waals surface area contributed by atoms with Gasteiger partial charge in [-0.25, -0.2) is 0 Å². The molecule has 4 nitrogen and oxygen atoms in total. The molecule has 0 fully saturated rings. The Morgan fingerprint density at radius 3 is 2.08 bits per heavy atom. The molecule has 0 aliphatic carbocycles. The van der Waals surface area contributed by atoms with Crippen LogP contribution in [0.5, 0.6) is 0 Å². The lowest BCUT2D eigenvalue weighted by molar-refractivity contribution is -0.164. The van der Waals surface area contributed by atoms with Gasteiger partial charge in [0.15, 0.2) is 0 Å². The second-order valence-corrected chi connectivity index (χ2v) is 8.54. The molecule has 0 heterocycles. The van der Waals surface area contributed by atoms with Gasteiger partial charge in [-0.3, -0.25) is 4.79 Å². The molecule has 6 unspecified atom stereocenters. The van der Waals surface area contributed by atoms with E-state index < -0.39 is 0 Å². The van der Waals surface area contributed by atoms with Gasteiger partial charge in [-0.15, -0.1) is 0 Å². The third kappa shape index (κ3) is 6.25. The van der Waals surface area contributed by atoms with Crippen molar-refractivity contribution in [2.45, 2.75) is 99.7 Å². The lowest BCUT2D eigenvalue weighted by Gasteiger charge is -2.51. The highest BCUT2D eigenvalue weighted by Gasteiger charge is 2.50. The predicted molar refractivity (Wildman–Crippen MR) is 105 cm³/mol. The Bertz CT molecular complexity index is 401. The minimum absolute atomic E-state index is 0.210. The Labute approximate surface area is 155 Å². The summed E-state index contributed by atoms with van der Waals surface area (Å²) in [6.07, 6.45) is 3.73. The summed E-state index contributed by atoms with van der Waals surface area (Å²) >= 11 is 0. The number of rotatable bonds is 12. The molecule has 0 saturated carbocycles. The molecule has 0 aliphatic heterocycles. The largest absolute Gasteiger partial charge is 0.462 e. The molecule has 0 aromatic rings. The van der Waals surface area contributed by atoms with Crippen molar-refractivity contribution in [3.8, 4) is 0 Å². The lowest BCUT2D eigenvalue weighted by atomic mass is 9.57. The number of aliphatic hydroxyl groups is 1. The van der Waals surface area contributed by atoms with Gasteiger partial charge in [0.25, 0.3) is 0 Å². The number of esters is 1. The zero-order valence-electron chi connectivity index (χ0n) is 17.9. The molecule has 25 heavy (non-hydrogen) atoms. The summed E-state index contributed by atoms with van der Waals surface area (Å²) in [5, 5.41) is 10.7. The number of hydrogen-bond donors (Lipinski definition) is 2. The topological polar surface area (TPSA) is 72.5 Å². The third-order valence-corrected chi connectivity index (χ3v) is 6.88. The van der Waals surface area contributed by atoms with Crippen LogP contribution in [0.15, 0.2) is 0 Å². The molecule has 0 radical (unpaired) electrons. The first-order chi connectivity index (χ1) is 11.5. The van der Waals surface area contributed by atoms with Crippen LogP contribution in [0.25, 0.3) is 0 Å². The van der Waals surface area contributed by atoms with E-state index in [4.69, 9.17) is 10.5 Å². The van der Waals surface area contributed by atoms with E-state index in [1.54, 1.807) is 0 Å². The Balaban J connectivity index is 5.77. The standard InChI is InChI=1S/C21H43NO3/c1-9-15(4)12-19(25-17(6)23)21(8,14-22)20(7,11-3)13-18(24)16(5)10-2/h15-16,18-19,24H,9-14,22H2,1-8H3. The van der Waals surface area contributed by atoms with Crippen LogP contribution in [0.4, 0.5) is 0 Å². The van der Waals surface area contributed by atoms with E-state index >= 15 is 0 Å². The van der Waals surface area contributed by atoms with Crippen LogP contribution in [0.3, 0.4) is 0 Å². The number of aliphatic hydroxyl groups excluding tert-OH is 1. The number of carbonyl (C=O) groups is 1. The third-order valence-electron chi connectivity index (χ3n) is 6.88. The molecule has 0 saturated heterocycles. The highest BCUT2D eigenvalue weighted by atomic mass is 16.5. The van der Waals surface area contributed by atoms with Crippen LogP contribution in [-0.4, -0.2) is 29.8 Å². The van der Waals surface area contributed by atoms with Crippen molar-refractivity contribution in [1.82, 2.24) is 0 Å². The van der Waals surface area contributed by atoms with Crippen LogP contribution in [0.2, 0.25) is 0 Å². The maximum absolute atomic E-state index is 11.8. The van der Waals surface area contributed by atoms with Crippen LogP contribution in [-0.2, 0) is 9.53 Å². The summed E-state index contributed by atoms with van der Waals surface area (Å²) in [4.78, 5) is 11.8. The first kappa shape index (κ1) is 24.4. The van der Waals surface area contributed by atoms with Gasteiger partial charge in [-0.05, 0) is 36.5 Å². The van der Waals surface area contributed by atoms with Crippen molar-refractivity contribution in [2.75, 3.05) is 6.54 Å². The first-order valence-electron chi connectivity index (χ1n) is 10.1. The summed E-state index contributed by atoms with van der Waals surface area (Å²) in [7, 11) is 0. The SMILES string of the molecule is CCC(C)CC(OC(C)=O)C(C)(CN)C(C)(CC)CC(O)C(C)CC. The fourth-order valence-electron chi connectivity index (χ4n) is 3.65. The average Bonchev–Trinajstić information content (AvgIpc) is 2.58. The van der Waals surface area contributed by atoms with E-state index in [0.717, 1.165) is 25.7 Å². The normalized spacial score (nSPS) is 21.5. The molecule has 0 amide bonds. The Morgan fingerprint density at radius 2 is 1.72 bits per heavy atom. The first-order valence-corrected chi connectivity index (χ1v) is 10.1. The molecule has 0 aliphatic rings. The van der Waals surface area contributed by atoms with Crippen LogP contribution >= 0.6 is 0 Å². The van der Waals surface area contributed by atoms with Crippen LogP contribution in [0.1, 0.15) is 87.5 Å². The van der Waals surface area contributed by atoms with Gasteiger partial charge in [0, 0.05) is 18.9 Å². The summed E-state index contributed by atoms with van der Waals surface area (Å²) in [5.41, 5.74) is 5.68. The molecule has 6 atom stereocenters. The van der Waals surface area contributed by atoms with Crippen molar-refractivity contribution in [3.05, 3.63) is 0 Å². The molecule has 3 N–H and O–H groups in total. The number of hydrogen-bond acceptors (Lipinski definition) is 4. The van der Waals surface area contributed by atoms with Gasteiger partial charge in [0.2, 0.25) is 0 Å². The van der Waals surface area contributed by atoms with E-state index in [-0.39, 0.29) is 34.9 Å². The quantitative estimate of drug-likeness (QED) is 0.503. The number of ether oxygens (including phenoxy) is 1. The van der Waals surface area contributed by atoms with E-state index in [2.05, 4.69) is 48.5 Å². The summed E-state index contributed by atoms with van der Waals surface area (Å²) in [6.45, 7) is 16.9. The van der Waals surface area contributed by atoms with Crippen molar-refractivity contribution in [1.29, 1.82) is 0 Å². The fourth-order valence-corrected chi connectivity index (χ4v) is 3.65. The fraction of sp³-hybridized carbons (Fsp3) is 0.952. The molecule has 0 aromatic heterocycles. The van der Waals surface area contributed by atoms with Gasteiger partial charge in [-0.1, -0.05) is 61.3 Å². The summed E-state index contributed by atoms with van der Waals surface area (Å²) in [6, 6.07) is 0. The molecular formula is C21H43NO3. The molecule has 150 valence electrons.